The summed E-state index contributed by atoms with van der Waals surface area (Å²) in [6.45, 7) is 2.68. The quantitative estimate of drug-likeness (QED) is 0.449. The van der Waals surface area contributed by atoms with E-state index in [1.165, 1.54) is 12.8 Å². The molecule has 5 nitrogen and oxygen atoms in total. The molecular formula is C11H17N3O2. The van der Waals surface area contributed by atoms with Crippen molar-refractivity contribution in [2.45, 2.75) is 32.4 Å². The van der Waals surface area contributed by atoms with Crippen LogP contribution in [0.5, 0.6) is 0 Å². The van der Waals surface area contributed by atoms with E-state index in [1.54, 1.807) is 6.07 Å². The van der Waals surface area contributed by atoms with Gasteiger partial charge in [0.1, 0.15) is 5.76 Å². The number of hydrogen-bond donors (Lipinski definition) is 2. The first-order chi connectivity index (χ1) is 7.61. The molecular weight excluding hydrogens is 206 g/mol. The molecule has 1 aliphatic carbocycles. The van der Waals surface area contributed by atoms with Crippen LogP contribution in [0.2, 0.25) is 0 Å². The van der Waals surface area contributed by atoms with Crippen LogP contribution in [0.1, 0.15) is 34.7 Å². The monoisotopic (exact) mass is 223 g/mol. The highest BCUT2D eigenvalue weighted by Crippen LogP contribution is 2.27. The van der Waals surface area contributed by atoms with Gasteiger partial charge in [-0.05, 0) is 32.9 Å². The highest BCUT2D eigenvalue weighted by Gasteiger charge is 2.27. The summed E-state index contributed by atoms with van der Waals surface area (Å²) in [5.74, 6) is 5.73. The lowest BCUT2D eigenvalue weighted by atomic mass is 10.2. The fourth-order valence-corrected chi connectivity index (χ4v) is 1.77. The summed E-state index contributed by atoms with van der Waals surface area (Å²) in [4.78, 5) is 13.5. The van der Waals surface area contributed by atoms with Gasteiger partial charge in [-0.1, -0.05) is 0 Å². The van der Waals surface area contributed by atoms with Crippen molar-refractivity contribution in [1.82, 2.24) is 10.3 Å². The van der Waals surface area contributed by atoms with E-state index in [0.717, 1.165) is 17.9 Å². The van der Waals surface area contributed by atoms with Gasteiger partial charge in [0.25, 0.3) is 0 Å². The van der Waals surface area contributed by atoms with Gasteiger partial charge in [-0.2, -0.15) is 0 Å². The summed E-state index contributed by atoms with van der Waals surface area (Å²) >= 11 is 0. The second-order valence-electron chi connectivity index (χ2n) is 4.31. The smallest absolute Gasteiger partial charge is 0.300 e. The predicted molar refractivity (Wildman–Crippen MR) is 59.6 cm³/mol. The van der Waals surface area contributed by atoms with Crippen molar-refractivity contribution in [3.05, 3.63) is 23.2 Å². The van der Waals surface area contributed by atoms with Crippen LogP contribution < -0.4 is 11.3 Å². The number of nitrogen functional groups attached to an aromatic ring is 1. The Balaban J connectivity index is 2.08. The zero-order valence-electron chi connectivity index (χ0n) is 9.62. The molecule has 2 rings (SSSR count). The van der Waals surface area contributed by atoms with Gasteiger partial charge in [0.05, 0.1) is 0 Å². The maximum absolute atomic E-state index is 11.3. The molecule has 1 aromatic heterocycles. The van der Waals surface area contributed by atoms with Crippen molar-refractivity contribution in [3.63, 3.8) is 0 Å². The van der Waals surface area contributed by atoms with Gasteiger partial charge in [-0.25, -0.2) is 5.84 Å². The van der Waals surface area contributed by atoms with E-state index in [-0.39, 0.29) is 11.7 Å². The number of hydrogen-bond acceptors (Lipinski definition) is 4. The van der Waals surface area contributed by atoms with E-state index in [0.29, 0.717) is 6.04 Å². The van der Waals surface area contributed by atoms with Crippen molar-refractivity contribution >= 4 is 5.91 Å². The minimum atomic E-state index is -0.386. The lowest BCUT2D eigenvalue weighted by molar-refractivity contribution is 0.0924. The van der Waals surface area contributed by atoms with Crippen LogP contribution in [0.3, 0.4) is 0 Å². The van der Waals surface area contributed by atoms with E-state index in [2.05, 4.69) is 17.4 Å². The van der Waals surface area contributed by atoms with Crippen LogP contribution in [0.25, 0.3) is 0 Å². The summed E-state index contributed by atoms with van der Waals surface area (Å²) in [6, 6.07) is 2.46. The molecule has 1 amide bonds. The number of nitrogens with one attached hydrogen (secondary N) is 1. The molecule has 0 aliphatic heterocycles. The van der Waals surface area contributed by atoms with Gasteiger partial charge < -0.3 is 4.42 Å². The zero-order chi connectivity index (χ0) is 11.7. The van der Waals surface area contributed by atoms with Gasteiger partial charge in [0, 0.05) is 18.2 Å². The fraction of sp³-hybridized carbons (Fsp3) is 0.545. The number of nitrogens with zero attached hydrogens (tertiary/aromatic N) is 1. The third-order valence-electron chi connectivity index (χ3n) is 2.97. The first-order valence-corrected chi connectivity index (χ1v) is 5.42. The van der Waals surface area contributed by atoms with Crippen LogP contribution in [0.15, 0.2) is 10.5 Å². The molecule has 0 atom stereocenters. The van der Waals surface area contributed by atoms with Crippen LogP contribution in [0.4, 0.5) is 0 Å². The van der Waals surface area contributed by atoms with Crippen molar-refractivity contribution in [2.75, 3.05) is 7.05 Å². The molecule has 5 heteroatoms. The number of amides is 1. The predicted octanol–water partition coefficient (Wildman–Crippen LogP) is 0.786. The van der Waals surface area contributed by atoms with Gasteiger partial charge in [0.15, 0.2) is 5.76 Å². The lowest BCUT2D eigenvalue weighted by Gasteiger charge is -2.14. The Morgan fingerprint density at radius 3 is 2.94 bits per heavy atom. The Hall–Kier alpha value is -1.33. The van der Waals surface area contributed by atoms with E-state index in [4.69, 9.17) is 10.3 Å². The third kappa shape index (κ3) is 2.25. The molecule has 1 heterocycles. The molecule has 0 saturated heterocycles. The van der Waals surface area contributed by atoms with Crippen molar-refractivity contribution < 1.29 is 9.21 Å². The van der Waals surface area contributed by atoms with Gasteiger partial charge >= 0.3 is 5.91 Å². The lowest BCUT2D eigenvalue weighted by Crippen LogP contribution is -2.29. The van der Waals surface area contributed by atoms with Crippen LogP contribution >= 0.6 is 0 Å². The molecule has 0 aromatic carbocycles. The van der Waals surface area contributed by atoms with Crippen LogP contribution in [0, 0.1) is 6.92 Å². The number of aryl methyl sites for hydroxylation is 1. The summed E-state index contributed by atoms with van der Waals surface area (Å²) in [5, 5.41) is 0. The highest BCUT2D eigenvalue weighted by atomic mass is 16.4. The molecule has 88 valence electrons. The van der Waals surface area contributed by atoms with Gasteiger partial charge in [-0.15, -0.1) is 0 Å². The summed E-state index contributed by atoms with van der Waals surface area (Å²) < 4.78 is 5.35. The Kier molecular flexibility index (Phi) is 2.98. The molecule has 0 unspecified atom stereocenters. The molecule has 1 fully saturated rings. The maximum Gasteiger partial charge on any atom is 0.300 e. The van der Waals surface area contributed by atoms with Crippen molar-refractivity contribution in [2.24, 2.45) is 5.84 Å². The number of furan rings is 1. The molecule has 3 N–H and O–H groups in total. The highest BCUT2D eigenvalue weighted by molar-refractivity contribution is 5.91. The molecule has 1 saturated carbocycles. The normalized spacial score (nSPS) is 15.5. The number of carbonyl (C=O) groups is 1. The Bertz CT molecular complexity index is 396. The van der Waals surface area contributed by atoms with Crippen LogP contribution in [-0.4, -0.2) is 23.9 Å². The number of rotatable bonds is 4. The van der Waals surface area contributed by atoms with Gasteiger partial charge in [-0.3, -0.25) is 15.1 Å². The Morgan fingerprint density at radius 2 is 2.38 bits per heavy atom. The fourth-order valence-electron chi connectivity index (χ4n) is 1.77. The minimum Gasteiger partial charge on any atom is -0.456 e. The van der Waals surface area contributed by atoms with E-state index in [9.17, 15) is 4.79 Å². The summed E-state index contributed by atoms with van der Waals surface area (Å²) in [6.07, 6.45) is 2.53. The number of nitrogens with two attached hydrogens (primary N) is 1. The standard InChI is InChI=1S/C11H17N3O2/c1-7-8(6-14(2)9-3-4-9)5-10(16-7)11(15)13-12/h5,9H,3-4,6,12H2,1-2H3,(H,13,15). The number of hydrazine groups is 1. The van der Waals surface area contributed by atoms with E-state index in [1.807, 2.05) is 6.92 Å². The Labute approximate surface area is 94.6 Å². The minimum absolute atomic E-state index is 0.277. The third-order valence-corrected chi connectivity index (χ3v) is 2.97. The van der Waals surface area contributed by atoms with Gasteiger partial charge in [0.2, 0.25) is 0 Å². The van der Waals surface area contributed by atoms with Crippen LogP contribution in [-0.2, 0) is 6.54 Å². The summed E-state index contributed by atoms with van der Waals surface area (Å²) in [5.41, 5.74) is 3.11. The Morgan fingerprint density at radius 1 is 1.69 bits per heavy atom. The maximum atomic E-state index is 11.3. The second-order valence-corrected chi connectivity index (χ2v) is 4.31. The average Bonchev–Trinajstić information content (AvgIpc) is 3.04. The first kappa shape index (κ1) is 11.2. The summed E-state index contributed by atoms with van der Waals surface area (Å²) in [7, 11) is 2.09. The largest absolute Gasteiger partial charge is 0.456 e. The number of carbonyl (C=O) groups excluding carboxylic acids is 1. The second kappa shape index (κ2) is 4.27. The van der Waals surface area contributed by atoms with Crippen molar-refractivity contribution in [1.29, 1.82) is 0 Å². The molecule has 1 aliphatic rings. The molecule has 0 bridgehead atoms. The molecule has 1 aromatic rings. The zero-order valence-corrected chi connectivity index (χ0v) is 9.62. The molecule has 0 spiro atoms. The van der Waals surface area contributed by atoms with E-state index < -0.39 is 0 Å². The molecule has 0 radical (unpaired) electrons. The first-order valence-electron chi connectivity index (χ1n) is 5.42. The van der Waals surface area contributed by atoms with E-state index >= 15 is 0 Å². The molecule has 16 heavy (non-hydrogen) atoms. The van der Waals surface area contributed by atoms with Crippen molar-refractivity contribution in [3.8, 4) is 0 Å². The topological polar surface area (TPSA) is 71.5 Å². The SMILES string of the molecule is Cc1oc(C(=O)NN)cc1CN(C)C1CC1. The average molecular weight is 223 g/mol.